The molecule has 0 unspecified atom stereocenters. The highest BCUT2D eigenvalue weighted by atomic mass is 79.9. The standard InChI is InChI=1S/C13H20BrN3O/c1-9-3-5-13(8-14,6-4-9)16-12(18)11-7-15-17-10(11)2/h7,9H,3-6,8H2,1-2H3,(H,15,17)(H,16,18). The van der Waals surface area contributed by atoms with Crippen molar-refractivity contribution < 1.29 is 4.79 Å². The number of nitrogens with one attached hydrogen (secondary N) is 2. The van der Waals surface area contributed by atoms with Gasteiger partial charge >= 0.3 is 0 Å². The molecule has 1 amide bonds. The number of aromatic amines is 1. The minimum Gasteiger partial charge on any atom is -0.346 e. The van der Waals surface area contributed by atoms with Gasteiger partial charge in [0.1, 0.15) is 0 Å². The molecule has 0 aliphatic heterocycles. The van der Waals surface area contributed by atoms with E-state index < -0.39 is 0 Å². The zero-order valence-electron chi connectivity index (χ0n) is 10.9. The smallest absolute Gasteiger partial charge is 0.255 e. The van der Waals surface area contributed by atoms with Crippen LogP contribution in [0, 0.1) is 12.8 Å². The van der Waals surface area contributed by atoms with Crippen LogP contribution in [0.1, 0.15) is 48.7 Å². The minimum absolute atomic E-state index is 0.0183. The number of amides is 1. The van der Waals surface area contributed by atoms with Gasteiger partial charge in [-0.05, 0) is 38.5 Å². The average molecular weight is 314 g/mol. The Hall–Kier alpha value is -0.840. The van der Waals surface area contributed by atoms with Gasteiger partial charge in [-0.15, -0.1) is 0 Å². The van der Waals surface area contributed by atoms with E-state index in [4.69, 9.17) is 0 Å². The lowest BCUT2D eigenvalue weighted by atomic mass is 9.78. The molecule has 1 saturated carbocycles. The maximum atomic E-state index is 12.2. The van der Waals surface area contributed by atoms with E-state index in [1.807, 2.05) is 6.92 Å². The normalized spacial score (nSPS) is 28.1. The van der Waals surface area contributed by atoms with Crippen LogP contribution in [0.25, 0.3) is 0 Å². The van der Waals surface area contributed by atoms with Crippen molar-refractivity contribution in [3.63, 3.8) is 0 Å². The largest absolute Gasteiger partial charge is 0.346 e. The predicted molar refractivity (Wildman–Crippen MR) is 74.9 cm³/mol. The van der Waals surface area contributed by atoms with E-state index in [1.54, 1.807) is 6.20 Å². The van der Waals surface area contributed by atoms with Gasteiger partial charge in [-0.2, -0.15) is 5.10 Å². The summed E-state index contributed by atoms with van der Waals surface area (Å²) >= 11 is 3.56. The van der Waals surface area contributed by atoms with Crippen LogP contribution < -0.4 is 5.32 Å². The average Bonchev–Trinajstić information content (AvgIpc) is 2.79. The molecule has 1 aromatic rings. The molecule has 1 aliphatic rings. The van der Waals surface area contributed by atoms with E-state index in [1.165, 1.54) is 12.8 Å². The molecule has 100 valence electrons. The fraction of sp³-hybridized carbons (Fsp3) is 0.692. The molecule has 1 heterocycles. The fourth-order valence-electron chi connectivity index (χ4n) is 2.49. The molecule has 0 saturated heterocycles. The number of nitrogens with zero attached hydrogens (tertiary/aromatic N) is 1. The Kier molecular flexibility index (Phi) is 4.10. The summed E-state index contributed by atoms with van der Waals surface area (Å²) in [4.78, 5) is 12.2. The maximum Gasteiger partial charge on any atom is 0.255 e. The molecular formula is C13H20BrN3O. The van der Waals surface area contributed by atoms with Gasteiger partial charge in [-0.3, -0.25) is 9.89 Å². The van der Waals surface area contributed by atoms with E-state index in [0.717, 1.165) is 29.8 Å². The van der Waals surface area contributed by atoms with E-state index in [-0.39, 0.29) is 11.4 Å². The Balaban J connectivity index is 2.07. The van der Waals surface area contributed by atoms with Crippen LogP contribution in [0.4, 0.5) is 0 Å². The van der Waals surface area contributed by atoms with Gasteiger partial charge < -0.3 is 5.32 Å². The fourth-order valence-corrected chi connectivity index (χ4v) is 3.20. The molecule has 1 aliphatic carbocycles. The van der Waals surface area contributed by atoms with Crippen LogP contribution in [0.3, 0.4) is 0 Å². The molecule has 0 aromatic carbocycles. The summed E-state index contributed by atoms with van der Waals surface area (Å²) in [6, 6.07) is 0. The molecular weight excluding hydrogens is 294 g/mol. The van der Waals surface area contributed by atoms with Crippen LogP contribution in [-0.2, 0) is 0 Å². The zero-order chi connectivity index (χ0) is 13.2. The van der Waals surface area contributed by atoms with Gasteiger partial charge in [0.25, 0.3) is 5.91 Å². The molecule has 0 spiro atoms. The molecule has 2 N–H and O–H groups in total. The van der Waals surface area contributed by atoms with Gasteiger partial charge in [0.05, 0.1) is 17.3 Å². The summed E-state index contributed by atoms with van der Waals surface area (Å²) in [7, 11) is 0. The second-order valence-corrected chi connectivity index (χ2v) is 6.02. The number of carbonyl (C=O) groups is 1. The summed E-state index contributed by atoms with van der Waals surface area (Å²) in [6.45, 7) is 4.14. The second-order valence-electron chi connectivity index (χ2n) is 5.46. The van der Waals surface area contributed by atoms with Crippen LogP contribution in [0.5, 0.6) is 0 Å². The highest BCUT2D eigenvalue weighted by molar-refractivity contribution is 9.09. The van der Waals surface area contributed by atoms with Gasteiger partial charge in [-0.25, -0.2) is 0 Å². The number of hydrogen-bond acceptors (Lipinski definition) is 2. The first-order valence-corrected chi connectivity index (χ1v) is 7.57. The molecule has 0 radical (unpaired) electrons. The van der Waals surface area contributed by atoms with Gasteiger partial charge in [0.15, 0.2) is 0 Å². The Bertz CT molecular complexity index is 422. The third-order valence-electron chi connectivity index (χ3n) is 3.94. The van der Waals surface area contributed by atoms with Crippen molar-refractivity contribution in [2.24, 2.45) is 5.92 Å². The third kappa shape index (κ3) is 2.76. The molecule has 4 nitrogen and oxygen atoms in total. The first kappa shape index (κ1) is 13.6. The SMILES string of the molecule is Cc1[nH]ncc1C(=O)NC1(CBr)CCC(C)CC1. The summed E-state index contributed by atoms with van der Waals surface area (Å²) in [6.07, 6.45) is 6.04. The molecule has 1 fully saturated rings. The van der Waals surface area contributed by atoms with Crippen LogP contribution in [-0.4, -0.2) is 27.0 Å². The van der Waals surface area contributed by atoms with Crippen molar-refractivity contribution in [1.29, 1.82) is 0 Å². The van der Waals surface area contributed by atoms with Crippen molar-refractivity contribution >= 4 is 21.8 Å². The summed E-state index contributed by atoms with van der Waals surface area (Å²) in [5.74, 6) is 0.750. The van der Waals surface area contributed by atoms with Crippen LogP contribution in [0.15, 0.2) is 6.20 Å². The van der Waals surface area contributed by atoms with Crippen molar-refractivity contribution in [3.05, 3.63) is 17.5 Å². The number of hydrogen-bond donors (Lipinski definition) is 2. The van der Waals surface area contributed by atoms with Crippen molar-refractivity contribution in [2.45, 2.75) is 45.1 Å². The van der Waals surface area contributed by atoms with Gasteiger partial charge in [0.2, 0.25) is 0 Å². The summed E-state index contributed by atoms with van der Waals surface area (Å²) < 4.78 is 0. The first-order valence-electron chi connectivity index (χ1n) is 6.45. The monoisotopic (exact) mass is 313 g/mol. The molecule has 18 heavy (non-hydrogen) atoms. The van der Waals surface area contributed by atoms with Crippen LogP contribution >= 0.6 is 15.9 Å². The maximum absolute atomic E-state index is 12.2. The van der Waals surface area contributed by atoms with Crippen LogP contribution in [0.2, 0.25) is 0 Å². The predicted octanol–water partition coefficient (Wildman–Crippen LogP) is 2.79. The van der Waals surface area contributed by atoms with Gasteiger partial charge in [0, 0.05) is 11.0 Å². The highest BCUT2D eigenvalue weighted by Crippen LogP contribution is 2.33. The number of aromatic nitrogens is 2. The molecule has 5 heteroatoms. The Morgan fingerprint density at radius 3 is 2.78 bits per heavy atom. The lowest BCUT2D eigenvalue weighted by Crippen LogP contribution is -2.52. The Morgan fingerprint density at radius 2 is 2.28 bits per heavy atom. The number of aryl methyl sites for hydroxylation is 1. The Morgan fingerprint density at radius 1 is 1.61 bits per heavy atom. The van der Waals surface area contributed by atoms with E-state index in [2.05, 4.69) is 38.4 Å². The Labute approximate surface area is 116 Å². The third-order valence-corrected chi connectivity index (χ3v) is 5.01. The lowest BCUT2D eigenvalue weighted by Gasteiger charge is -2.38. The highest BCUT2D eigenvalue weighted by Gasteiger charge is 2.35. The number of alkyl halides is 1. The van der Waals surface area contributed by atoms with E-state index in [0.29, 0.717) is 5.56 Å². The topological polar surface area (TPSA) is 57.8 Å². The summed E-state index contributed by atoms with van der Waals surface area (Å²) in [5, 5.41) is 10.7. The minimum atomic E-state index is -0.0900. The number of carbonyl (C=O) groups excluding carboxylic acids is 1. The molecule has 0 bridgehead atoms. The van der Waals surface area contributed by atoms with Crippen molar-refractivity contribution in [1.82, 2.24) is 15.5 Å². The number of rotatable bonds is 3. The quantitative estimate of drug-likeness (QED) is 0.843. The molecule has 1 aromatic heterocycles. The lowest BCUT2D eigenvalue weighted by molar-refractivity contribution is 0.0874. The number of halogens is 1. The van der Waals surface area contributed by atoms with Gasteiger partial charge in [-0.1, -0.05) is 22.9 Å². The van der Waals surface area contributed by atoms with E-state index >= 15 is 0 Å². The van der Waals surface area contributed by atoms with E-state index in [9.17, 15) is 4.79 Å². The zero-order valence-corrected chi connectivity index (χ0v) is 12.5. The molecule has 2 rings (SSSR count). The first-order chi connectivity index (χ1) is 8.56. The number of H-pyrrole nitrogens is 1. The van der Waals surface area contributed by atoms with Crippen molar-refractivity contribution in [2.75, 3.05) is 5.33 Å². The van der Waals surface area contributed by atoms with Crippen molar-refractivity contribution in [3.8, 4) is 0 Å². The molecule has 0 atom stereocenters. The second kappa shape index (κ2) is 5.43. The summed E-state index contributed by atoms with van der Waals surface area (Å²) in [5.41, 5.74) is 1.38.